The summed E-state index contributed by atoms with van der Waals surface area (Å²) in [6, 6.07) is 8.81. The largest absolute Gasteiger partial charge is 0.474 e. The number of hydrogen-bond acceptors (Lipinski definition) is 8. The summed E-state index contributed by atoms with van der Waals surface area (Å²) in [4.78, 5) is 27.7. The highest BCUT2D eigenvalue weighted by Gasteiger charge is 2.23. The van der Waals surface area contributed by atoms with Gasteiger partial charge in [0.2, 0.25) is 5.88 Å². The van der Waals surface area contributed by atoms with Crippen LogP contribution in [0.5, 0.6) is 5.88 Å². The third-order valence-electron chi connectivity index (χ3n) is 5.17. The van der Waals surface area contributed by atoms with Crippen LogP contribution in [0.25, 0.3) is 0 Å². The van der Waals surface area contributed by atoms with Gasteiger partial charge in [0.15, 0.2) is 0 Å². The van der Waals surface area contributed by atoms with Crippen molar-refractivity contribution < 1.29 is 18.7 Å². The van der Waals surface area contributed by atoms with Crippen molar-refractivity contribution in [1.29, 1.82) is 0 Å². The third-order valence-corrected chi connectivity index (χ3v) is 5.41. The molecule has 0 radical (unpaired) electrons. The molecule has 0 aliphatic heterocycles. The van der Waals surface area contributed by atoms with Crippen molar-refractivity contribution in [3.63, 3.8) is 0 Å². The van der Waals surface area contributed by atoms with Gasteiger partial charge in [-0.2, -0.15) is 0 Å². The number of ether oxygens (including phenoxy) is 1. The number of rotatable bonds is 7. The van der Waals surface area contributed by atoms with Gasteiger partial charge in [0.05, 0.1) is 11.9 Å². The van der Waals surface area contributed by atoms with Crippen LogP contribution in [-0.2, 0) is 4.79 Å². The molecule has 2 aromatic heterocycles. The van der Waals surface area contributed by atoms with Crippen LogP contribution in [-0.4, -0.2) is 33.5 Å². The van der Waals surface area contributed by atoms with Crippen LogP contribution in [0.15, 0.2) is 40.9 Å². The molecule has 0 bridgehead atoms. The Bertz CT molecular complexity index is 1110. The summed E-state index contributed by atoms with van der Waals surface area (Å²) in [6.45, 7) is 1.86. The molecule has 0 atom stereocenters. The third kappa shape index (κ3) is 5.42. The maximum Gasteiger partial charge on any atom is 0.320 e. The van der Waals surface area contributed by atoms with Gasteiger partial charge in [-0.05, 0) is 56.9 Å². The van der Waals surface area contributed by atoms with Crippen LogP contribution in [0.4, 0.5) is 17.4 Å². The van der Waals surface area contributed by atoms with Gasteiger partial charge in [0.25, 0.3) is 0 Å². The number of aryl methyl sites for hydroxylation is 1. The van der Waals surface area contributed by atoms with E-state index in [-0.39, 0.29) is 23.9 Å². The molecule has 32 heavy (non-hydrogen) atoms. The van der Waals surface area contributed by atoms with Crippen LogP contribution in [0.2, 0.25) is 5.02 Å². The van der Waals surface area contributed by atoms with Crippen LogP contribution in [0, 0.1) is 12.8 Å². The molecular formula is C22H22ClN5O4. The van der Waals surface area contributed by atoms with E-state index in [0.717, 1.165) is 37.5 Å². The van der Waals surface area contributed by atoms with Crippen LogP contribution in [0.3, 0.4) is 0 Å². The second kappa shape index (κ2) is 9.78. The predicted molar refractivity (Wildman–Crippen MR) is 118 cm³/mol. The summed E-state index contributed by atoms with van der Waals surface area (Å²) >= 11 is 5.95. The molecule has 1 aromatic carbocycles. The molecule has 1 aliphatic rings. The van der Waals surface area contributed by atoms with E-state index in [2.05, 4.69) is 25.8 Å². The SMILES string of the molecule is Cc1cc(NC(=O)c2nnc(Nc3cccc(Cl)c3)o2)cnc1O[C@H]1CC[C@@H](C=O)CC1. The van der Waals surface area contributed by atoms with Crippen molar-refractivity contribution in [2.45, 2.75) is 38.7 Å². The summed E-state index contributed by atoms with van der Waals surface area (Å²) in [6.07, 6.45) is 5.90. The predicted octanol–water partition coefficient (Wildman–Crippen LogP) is 4.56. The first-order valence-corrected chi connectivity index (χ1v) is 10.6. The molecule has 4 rings (SSSR count). The van der Waals surface area contributed by atoms with Crippen molar-refractivity contribution in [3.05, 3.63) is 53.0 Å². The summed E-state index contributed by atoms with van der Waals surface area (Å²) in [7, 11) is 0. The number of hydrogen-bond donors (Lipinski definition) is 2. The zero-order chi connectivity index (χ0) is 22.5. The average Bonchev–Trinajstić information content (AvgIpc) is 3.25. The zero-order valence-corrected chi connectivity index (χ0v) is 18.1. The Balaban J connectivity index is 1.35. The molecule has 1 aliphatic carbocycles. The zero-order valence-electron chi connectivity index (χ0n) is 17.4. The Morgan fingerprint density at radius 2 is 2.00 bits per heavy atom. The van der Waals surface area contributed by atoms with Gasteiger partial charge >= 0.3 is 17.8 Å². The van der Waals surface area contributed by atoms with E-state index in [9.17, 15) is 9.59 Å². The molecule has 0 saturated heterocycles. The van der Waals surface area contributed by atoms with E-state index < -0.39 is 5.91 Å². The number of amides is 1. The quantitative estimate of drug-likeness (QED) is 0.497. The summed E-state index contributed by atoms with van der Waals surface area (Å²) in [5.41, 5.74) is 1.92. The van der Waals surface area contributed by atoms with Gasteiger partial charge in [-0.3, -0.25) is 4.79 Å². The maximum absolute atomic E-state index is 12.5. The lowest BCUT2D eigenvalue weighted by Crippen LogP contribution is -2.25. The number of aromatic nitrogens is 3. The number of halogens is 1. The van der Waals surface area contributed by atoms with Gasteiger partial charge in [-0.25, -0.2) is 4.98 Å². The minimum atomic E-state index is -0.557. The van der Waals surface area contributed by atoms with Crippen molar-refractivity contribution in [1.82, 2.24) is 15.2 Å². The molecule has 2 N–H and O–H groups in total. The molecule has 9 nitrogen and oxygen atoms in total. The lowest BCUT2D eigenvalue weighted by molar-refractivity contribution is -0.112. The smallest absolute Gasteiger partial charge is 0.320 e. The van der Waals surface area contributed by atoms with E-state index in [4.69, 9.17) is 20.8 Å². The van der Waals surface area contributed by atoms with Crippen molar-refractivity contribution in [3.8, 4) is 5.88 Å². The fraction of sp³-hybridized carbons (Fsp3) is 0.318. The molecule has 3 aromatic rings. The lowest BCUT2D eigenvalue weighted by atomic mass is 9.88. The van der Waals surface area contributed by atoms with Crippen molar-refractivity contribution >= 4 is 41.2 Å². The number of nitrogens with one attached hydrogen (secondary N) is 2. The lowest BCUT2D eigenvalue weighted by Gasteiger charge is -2.26. The molecule has 166 valence electrons. The van der Waals surface area contributed by atoms with Gasteiger partial charge in [-0.15, -0.1) is 5.10 Å². The second-order valence-electron chi connectivity index (χ2n) is 7.64. The molecule has 1 saturated carbocycles. The second-order valence-corrected chi connectivity index (χ2v) is 8.08. The number of carbonyl (C=O) groups is 2. The Labute approximate surface area is 189 Å². The van der Waals surface area contributed by atoms with E-state index >= 15 is 0 Å². The van der Waals surface area contributed by atoms with Gasteiger partial charge in [0.1, 0.15) is 12.4 Å². The standard InChI is InChI=1S/C22H22ClN5O4/c1-13-9-17(11-24-20(13)31-18-7-5-14(12-29)6-8-18)25-19(30)21-27-28-22(32-21)26-16-4-2-3-15(23)10-16/h2-4,9-12,14,18H,5-8H2,1H3,(H,25,30)(H,26,28)/t14-,18+. The summed E-state index contributed by atoms with van der Waals surface area (Å²) in [5, 5.41) is 13.7. The molecular weight excluding hydrogens is 434 g/mol. The Morgan fingerprint density at radius 1 is 1.19 bits per heavy atom. The minimum Gasteiger partial charge on any atom is -0.474 e. The first-order chi connectivity index (χ1) is 15.5. The van der Waals surface area contributed by atoms with E-state index in [0.29, 0.717) is 22.3 Å². The first-order valence-electron chi connectivity index (χ1n) is 10.3. The van der Waals surface area contributed by atoms with Crippen molar-refractivity contribution in [2.24, 2.45) is 5.92 Å². The van der Waals surface area contributed by atoms with Gasteiger partial charge in [-0.1, -0.05) is 22.8 Å². The average molecular weight is 456 g/mol. The monoisotopic (exact) mass is 455 g/mol. The Morgan fingerprint density at radius 3 is 2.72 bits per heavy atom. The number of carbonyl (C=O) groups excluding carboxylic acids is 2. The van der Waals surface area contributed by atoms with Gasteiger partial charge in [0, 0.05) is 22.2 Å². The summed E-state index contributed by atoms with van der Waals surface area (Å²) in [5.74, 6) is -0.103. The van der Waals surface area contributed by atoms with Gasteiger partial charge < -0.3 is 24.6 Å². The highest BCUT2D eigenvalue weighted by molar-refractivity contribution is 6.30. The number of anilines is 3. The normalized spacial score (nSPS) is 18.1. The molecule has 1 fully saturated rings. The fourth-order valence-corrected chi connectivity index (χ4v) is 3.68. The first kappa shape index (κ1) is 21.8. The molecule has 0 spiro atoms. The van der Waals surface area contributed by atoms with E-state index in [1.54, 1.807) is 30.3 Å². The van der Waals surface area contributed by atoms with E-state index in [1.165, 1.54) is 6.20 Å². The highest BCUT2D eigenvalue weighted by Crippen LogP contribution is 2.28. The number of pyridine rings is 1. The van der Waals surface area contributed by atoms with Crippen molar-refractivity contribution in [2.75, 3.05) is 10.6 Å². The molecule has 1 amide bonds. The van der Waals surface area contributed by atoms with E-state index in [1.807, 2.05) is 6.92 Å². The Kier molecular flexibility index (Phi) is 6.65. The molecule has 0 unspecified atom stereocenters. The number of nitrogens with zero attached hydrogens (tertiary/aromatic N) is 3. The Hall–Kier alpha value is -3.46. The highest BCUT2D eigenvalue weighted by atomic mass is 35.5. The molecule has 2 heterocycles. The maximum atomic E-state index is 12.5. The number of benzene rings is 1. The summed E-state index contributed by atoms with van der Waals surface area (Å²) < 4.78 is 11.4. The minimum absolute atomic E-state index is 0.0432. The topological polar surface area (TPSA) is 119 Å². The van der Waals surface area contributed by atoms with Crippen LogP contribution < -0.4 is 15.4 Å². The molecule has 10 heteroatoms. The van der Waals surface area contributed by atoms with Crippen LogP contribution >= 0.6 is 11.6 Å². The van der Waals surface area contributed by atoms with Crippen LogP contribution in [0.1, 0.15) is 41.9 Å². The number of aldehydes is 1. The fourth-order valence-electron chi connectivity index (χ4n) is 3.49.